The van der Waals surface area contributed by atoms with Crippen molar-refractivity contribution in [2.45, 2.75) is 45.1 Å². The first-order chi connectivity index (χ1) is 21.8. The van der Waals surface area contributed by atoms with Gasteiger partial charge in [0.25, 0.3) is 0 Å². The summed E-state index contributed by atoms with van der Waals surface area (Å²) in [4.78, 5) is 39.5. The fraction of sp³-hybridized carbons (Fsp3) is 0.429. The average Bonchev–Trinajstić information content (AvgIpc) is 3.72. The van der Waals surface area contributed by atoms with Crippen molar-refractivity contribution < 1.29 is 18.7 Å². The molecule has 1 aliphatic heterocycles. The number of carbonyl (C=O) groups excluding carboxylic acids is 2. The van der Waals surface area contributed by atoms with Gasteiger partial charge in [0.05, 0.1) is 26.7 Å². The molecule has 236 valence electrons. The van der Waals surface area contributed by atoms with Crippen LogP contribution in [0.5, 0.6) is 11.5 Å². The van der Waals surface area contributed by atoms with Gasteiger partial charge in [-0.05, 0) is 87.6 Å². The summed E-state index contributed by atoms with van der Waals surface area (Å²) in [5.74, 6) is 0.990. The smallest absolute Gasteiger partial charge is 0.224 e. The lowest BCUT2D eigenvalue weighted by atomic mass is 9.96. The number of Topliss-reactive ketones (excluding diaryl/α,β-unsaturated/α-hetero) is 1. The van der Waals surface area contributed by atoms with Gasteiger partial charge >= 0.3 is 0 Å². The zero-order valence-corrected chi connectivity index (χ0v) is 26.7. The van der Waals surface area contributed by atoms with Crippen molar-refractivity contribution in [2.24, 2.45) is 11.8 Å². The number of nitrogens with one attached hydrogen (secondary N) is 1. The highest BCUT2D eigenvalue weighted by atomic mass is 32.1. The number of nitrogens with zero attached hydrogens (tertiary/aromatic N) is 4. The molecule has 1 aliphatic carbocycles. The molecule has 6 rings (SSSR count). The Morgan fingerprint density at radius 1 is 1.07 bits per heavy atom. The fourth-order valence-electron chi connectivity index (χ4n) is 5.80. The predicted octanol–water partition coefficient (Wildman–Crippen LogP) is 6.09. The van der Waals surface area contributed by atoms with E-state index in [4.69, 9.17) is 9.72 Å². The van der Waals surface area contributed by atoms with E-state index in [1.165, 1.54) is 17.4 Å². The summed E-state index contributed by atoms with van der Waals surface area (Å²) in [5, 5.41) is 3.08. The Morgan fingerprint density at radius 3 is 2.67 bits per heavy atom. The molecule has 2 fully saturated rings. The number of hydrogen-bond acceptors (Lipinski definition) is 8. The zero-order valence-electron chi connectivity index (χ0n) is 25.9. The third kappa shape index (κ3) is 8.31. The summed E-state index contributed by atoms with van der Waals surface area (Å²) >= 11 is 1.50. The van der Waals surface area contributed by atoms with Crippen LogP contribution in [0.4, 0.5) is 4.39 Å². The number of benzene rings is 1. The molecule has 8 nitrogen and oxygen atoms in total. The Morgan fingerprint density at radius 2 is 1.91 bits per heavy atom. The van der Waals surface area contributed by atoms with Crippen molar-refractivity contribution in [3.63, 3.8) is 0 Å². The van der Waals surface area contributed by atoms with Crippen molar-refractivity contribution in [1.29, 1.82) is 0 Å². The largest absolute Gasteiger partial charge is 0.453 e. The maximum absolute atomic E-state index is 15.0. The van der Waals surface area contributed by atoms with E-state index in [-0.39, 0.29) is 29.8 Å². The van der Waals surface area contributed by atoms with Gasteiger partial charge in [0.2, 0.25) is 5.91 Å². The maximum Gasteiger partial charge on any atom is 0.224 e. The highest BCUT2D eigenvalue weighted by Crippen LogP contribution is 2.39. The number of likely N-dealkylation sites (tertiary alicyclic amines) is 1. The molecule has 1 aromatic carbocycles. The number of halogens is 1. The number of likely N-dealkylation sites (N-methyl/N-ethyl adjacent to an activating group) is 1. The minimum atomic E-state index is -0.490. The number of carbonyl (C=O) groups is 2. The molecule has 3 aromatic heterocycles. The Kier molecular flexibility index (Phi) is 9.82. The van der Waals surface area contributed by atoms with Gasteiger partial charge in [0.1, 0.15) is 11.5 Å². The molecule has 45 heavy (non-hydrogen) atoms. The first kappa shape index (κ1) is 31.3. The second kappa shape index (κ2) is 14.1. The van der Waals surface area contributed by atoms with Crippen LogP contribution in [0.15, 0.2) is 54.9 Å². The van der Waals surface area contributed by atoms with Gasteiger partial charge < -0.3 is 15.0 Å². The van der Waals surface area contributed by atoms with E-state index >= 15 is 0 Å². The van der Waals surface area contributed by atoms with Crippen LogP contribution in [0.1, 0.15) is 43.2 Å². The number of hydrogen-bond donors (Lipinski definition) is 1. The minimum absolute atomic E-state index is 0.0168. The summed E-state index contributed by atoms with van der Waals surface area (Å²) in [7, 11) is 4.01. The Hall–Kier alpha value is -3.73. The molecule has 4 heterocycles. The summed E-state index contributed by atoms with van der Waals surface area (Å²) < 4.78 is 21.8. The number of amides is 1. The second-order valence-corrected chi connectivity index (χ2v) is 13.6. The van der Waals surface area contributed by atoms with E-state index in [2.05, 4.69) is 26.2 Å². The van der Waals surface area contributed by atoms with Crippen molar-refractivity contribution >= 4 is 33.2 Å². The van der Waals surface area contributed by atoms with Crippen LogP contribution in [-0.2, 0) is 22.6 Å². The van der Waals surface area contributed by atoms with Gasteiger partial charge in [-0.1, -0.05) is 12.1 Å². The molecular weight excluding hydrogens is 589 g/mol. The Labute approximate surface area is 267 Å². The standard InChI is InChI=1S/C35H40FN5O3S/c1-40(2)15-13-38-35(43)26-4-3-14-41(22-26)21-25-7-9-29(39-20-25)33-19-30-34(45-33)32(11-12-37-30)44-31-10-8-24(18-28(31)36)17-27(42)16-23-5-6-23/h7-12,18-20,23,26H,3-6,13-17,21-22H2,1-2H3,(H,38,43). The lowest BCUT2D eigenvalue weighted by Crippen LogP contribution is -2.44. The number of ether oxygens (including phenoxy) is 1. The first-order valence-electron chi connectivity index (χ1n) is 15.8. The molecule has 1 amide bonds. The lowest BCUT2D eigenvalue weighted by molar-refractivity contribution is -0.126. The second-order valence-electron chi connectivity index (χ2n) is 12.6. The Balaban J connectivity index is 1.08. The van der Waals surface area contributed by atoms with E-state index in [0.29, 0.717) is 30.2 Å². The molecule has 1 unspecified atom stereocenters. The predicted molar refractivity (Wildman–Crippen MR) is 175 cm³/mol. The molecule has 1 saturated carbocycles. The van der Waals surface area contributed by atoms with Crippen molar-refractivity contribution in [3.8, 4) is 22.1 Å². The van der Waals surface area contributed by atoms with E-state index < -0.39 is 5.82 Å². The molecule has 1 saturated heterocycles. The molecule has 0 spiro atoms. The third-order valence-electron chi connectivity index (χ3n) is 8.42. The van der Waals surface area contributed by atoms with Gasteiger partial charge in [-0.15, -0.1) is 11.3 Å². The average molecular weight is 630 g/mol. The SMILES string of the molecule is CN(C)CCNC(=O)C1CCCN(Cc2ccc(-c3cc4nccc(Oc5ccc(CC(=O)CC6CC6)cc5F)c4s3)nc2)C1. The van der Waals surface area contributed by atoms with Gasteiger partial charge in [0.15, 0.2) is 11.6 Å². The summed E-state index contributed by atoms with van der Waals surface area (Å²) in [6, 6.07) is 12.6. The van der Waals surface area contributed by atoms with Gasteiger partial charge in [0, 0.05) is 57.5 Å². The molecule has 1 N–H and O–H groups in total. The van der Waals surface area contributed by atoms with Crippen LogP contribution < -0.4 is 10.1 Å². The van der Waals surface area contributed by atoms with Crippen LogP contribution >= 0.6 is 11.3 Å². The number of fused-ring (bicyclic) bond motifs is 1. The minimum Gasteiger partial charge on any atom is -0.453 e. The summed E-state index contributed by atoms with van der Waals surface area (Å²) in [6.07, 6.45) is 8.57. The lowest BCUT2D eigenvalue weighted by Gasteiger charge is -2.32. The van der Waals surface area contributed by atoms with Gasteiger partial charge in [-0.2, -0.15) is 0 Å². The molecule has 10 heteroatoms. The quantitative estimate of drug-likeness (QED) is 0.192. The number of ketones is 1. The van der Waals surface area contributed by atoms with Crippen molar-refractivity contribution in [2.75, 3.05) is 40.3 Å². The van der Waals surface area contributed by atoms with Gasteiger partial charge in [-0.25, -0.2) is 4.39 Å². The molecule has 1 atom stereocenters. The van der Waals surface area contributed by atoms with E-state index in [1.807, 2.05) is 32.4 Å². The fourth-order valence-corrected chi connectivity index (χ4v) is 6.85. The van der Waals surface area contributed by atoms with E-state index in [0.717, 1.165) is 78.2 Å². The maximum atomic E-state index is 15.0. The number of thiophene rings is 1. The molecule has 4 aromatic rings. The van der Waals surface area contributed by atoms with Crippen molar-refractivity contribution in [1.82, 2.24) is 25.1 Å². The Bertz CT molecular complexity index is 1650. The first-order valence-corrected chi connectivity index (χ1v) is 16.6. The van der Waals surface area contributed by atoms with Crippen LogP contribution in [-0.4, -0.2) is 71.7 Å². The van der Waals surface area contributed by atoms with Crippen LogP contribution in [0, 0.1) is 17.7 Å². The van der Waals surface area contributed by atoms with Crippen molar-refractivity contribution in [3.05, 3.63) is 71.8 Å². The highest BCUT2D eigenvalue weighted by molar-refractivity contribution is 7.22. The summed E-state index contributed by atoms with van der Waals surface area (Å²) in [5.41, 5.74) is 3.35. The summed E-state index contributed by atoms with van der Waals surface area (Å²) in [6.45, 7) is 3.97. The number of pyridine rings is 2. The highest BCUT2D eigenvalue weighted by Gasteiger charge is 2.26. The number of aromatic nitrogens is 2. The molecular formula is C35H40FN5O3S. The molecule has 2 aliphatic rings. The van der Waals surface area contributed by atoms with E-state index in [1.54, 1.807) is 24.4 Å². The molecule has 0 bridgehead atoms. The topological polar surface area (TPSA) is 87.7 Å². The van der Waals surface area contributed by atoms with Crippen LogP contribution in [0.25, 0.3) is 20.8 Å². The normalized spacial score (nSPS) is 17.1. The molecule has 0 radical (unpaired) electrons. The monoisotopic (exact) mass is 629 g/mol. The number of piperidine rings is 1. The van der Waals surface area contributed by atoms with Crippen LogP contribution in [0.2, 0.25) is 0 Å². The zero-order chi connectivity index (χ0) is 31.3. The number of rotatable bonds is 13. The van der Waals surface area contributed by atoms with Gasteiger partial charge in [-0.3, -0.25) is 24.5 Å². The van der Waals surface area contributed by atoms with Crippen LogP contribution in [0.3, 0.4) is 0 Å². The third-order valence-corrected chi connectivity index (χ3v) is 9.59. The van der Waals surface area contributed by atoms with E-state index in [9.17, 15) is 14.0 Å².